The maximum absolute atomic E-state index is 5.44. The number of para-hydroxylation sites is 1. The van der Waals surface area contributed by atoms with Gasteiger partial charge >= 0.3 is 0 Å². The Bertz CT molecular complexity index is 975. The molecule has 0 aliphatic heterocycles. The molecule has 0 amide bonds. The van der Waals surface area contributed by atoms with Gasteiger partial charge in [-0.2, -0.15) is 5.10 Å². The Morgan fingerprint density at radius 3 is 2.32 bits per heavy atom. The van der Waals surface area contributed by atoms with E-state index < -0.39 is 0 Å². The molecule has 28 heavy (non-hydrogen) atoms. The maximum atomic E-state index is 5.44. The Morgan fingerprint density at radius 1 is 0.857 bits per heavy atom. The van der Waals surface area contributed by atoms with Crippen LogP contribution in [0.25, 0.3) is 11.1 Å². The number of nitrogens with zero attached hydrogens (tertiary/aromatic N) is 1. The minimum Gasteiger partial charge on any atom is -0.496 e. The fourth-order valence-electron chi connectivity index (χ4n) is 2.70. The smallest absolute Gasteiger partial charge is 0.191 e. The quantitative estimate of drug-likeness (QED) is 0.363. The summed E-state index contributed by atoms with van der Waals surface area (Å²) in [5.74, 6) is 1.43. The summed E-state index contributed by atoms with van der Waals surface area (Å²) in [4.78, 5) is 0. The van der Waals surface area contributed by atoms with Gasteiger partial charge in [-0.15, -0.1) is 0 Å². The Balaban J connectivity index is 1.71. The monoisotopic (exact) mass is 391 g/mol. The molecule has 0 saturated carbocycles. The van der Waals surface area contributed by atoms with Gasteiger partial charge in [-0.25, -0.2) is 0 Å². The molecule has 6 heteroatoms. The van der Waals surface area contributed by atoms with Crippen LogP contribution in [0.15, 0.2) is 77.9 Å². The Labute approximate surface area is 170 Å². The second kappa shape index (κ2) is 9.53. The molecule has 0 aromatic heterocycles. The fraction of sp³-hybridized carbons (Fsp3) is 0.0909. The lowest BCUT2D eigenvalue weighted by Gasteiger charge is -2.13. The van der Waals surface area contributed by atoms with Gasteiger partial charge < -0.3 is 14.8 Å². The van der Waals surface area contributed by atoms with Crippen molar-refractivity contribution in [1.29, 1.82) is 0 Å². The second-order valence-corrected chi connectivity index (χ2v) is 6.26. The van der Waals surface area contributed by atoms with Crippen LogP contribution in [0, 0.1) is 0 Å². The molecular weight excluding hydrogens is 370 g/mol. The molecule has 0 unspecified atom stereocenters. The summed E-state index contributed by atoms with van der Waals surface area (Å²) in [5, 5.41) is 7.68. The molecule has 0 aliphatic carbocycles. The molecule has 3 rings (SSSR count). The molecule has 0 heterocycles. The summed E-state index contributed by atoms with van der Waals surface area (Å²) < 4.78 is 10.7. The van der Waals surface area contributed by atoms with Gasteiger partial charge in [0.15, 0.2) is 5.11 Å². The first kappa shape index (κ1) is 19.4. The predicted molar refractivity (Wildman–Crippen MR) is 118 cm³/mol. The third-order valence-electron chi connectivity index (χ3n) is 4.06. The van der Waals surface area contributed by atoms with Crippen molar-refractivity contribution >= 4 is 29.2 Å². The molecule has 0 saturated heterocycles. The first-order valence-electron chi connectivity index (χ1n) is 8.68. The van der Waals surface area contributed by atoms with E-state index in [9.17, 15) is 0 Å². The Morgan fingerprint density at radius 2 is 1.57 bits per heavy atom. The number of benzene rings is 3. The summed E-state index contributed by atoms with van der Waals surface area (Å²) in [6, 6.07) is 23.6. The number of rotatable bonds is 6. The van der Waals surface area contributed by atoms with Crippen molar-refractivity contribution in [2.45, 2.75) is 0 Å². The van der Waals surface area contributed by atoms with Gasteiger partial charge in [-0.3, -0.25) is 5.43 Å². The molecule has 2 N–H and O–H groups in total. The third-order valence-corrected chi connectivity index (χ3v) is 4.26. The van der Waals surface area contributed by atoms with Crippen molar-refractivity contribution in [3.8, 4) is 22.6 Å². The standard InChI is InChI=1S/C22H21N3O2S/c1-26-20-11-7-6-10-18(20)15-23-25-22(28)24-19-14-17(12-13-21(19)27-2)16-8-4-3-5-9-16/h3-15H,1-2H3,(H2,24,25,28)/b23-15+. The first-order valence-corrected chi connectivity index (χ1v) is 9.08. The van der Waals surface area contributed by atoms with Crippen molar-refractivity contribution in [2.24, 2.45) is 5.10 Å². The van der Waals surface area contributed by atoms with Crippen molar-refractivity contribution in [1.82, 2.24) is 5.43 Å². The number of hydrogen-bond donors (Lipinski definition) is 2. The molecule has 0 fully saturated rings. The zero-order chi connectivity index (χ0) is 19.8. The molecule has 0 aliphatic rings. The average Bonchev–Trinajstić information content (AvgIpc) is 2.74. The summed E-state index contributed by atoms with van der Waals surface area (Å²) >= 11 is 5.36. The molecular formula is C22H21N3O2S. The van der Waals surface area contributed by atoms with E-state index in [-0.39, 0.29) is 0 Å². The number of anilines is 1. The highest BCUT2D eigenvalue weighted by Crippen LogP contribution is 2.30. The topological polar surface area (TPSA) is 54.9 Å². The van der Waals surface area contributed by atoms with Crippen molar-refractivity contribution in [3.63, 3.8) is 0 Å². The van der Waals surface area contributed by atoms with Crippen molar-refractivity contribution in [3.05, 3.63) is 78.4 Å². The molecule has 5 nitrogen and oxygen atoms in total. The van der Waals surface area contributed by atoms with Crippen LogP contribution in [-0.4, -0.2) is 25.5 Å². The molecule has 3 aromatic rings. The lowest BCUT2D eigenvalue weighted by Crippen LogP contribution is -2.24. The van der Waals surface area contributed by atoms with Gasteiger partial charge in [0.25, 0.3) is 0 Å². The van der Waals surface area contributed by atoms with Gasteiger partial charge in [0.05, 0.1) is 26.1 Å². The zero-order valence-electron chi connectivity index (χ0n) is 15.7. The maximum Gasteiger partial charge on any atom is 0.191 e. The number of hydrazone groups is 1. The number of nitrogens with one attached hydrogen (secondary N) is 2. The van der Waals surface area contributed by atoms with E-state index in [0.29, 0.717) is 10.9 Å². The Kier molecular flexibility index (Phi) is 6.59. The molecule has 0 atom stereocenters. The molecule has 142 valence electrons. The van der Waals surface area contributed by atoms with Crippen LogP contribution >= 0.6 is 12.2 Å². The van der Waals surface area contributed by atoms with E-state index in [2.05, 4.69) is 28.0 Å². The normalized spacial score (nSPS) is 10.5. The molecule has 0 radical (unpaired) electrons. The number of hydrogen-bond acceptors (Lipinski definition) is 4. The number of methoxy groups -OCH3 is 2. The van der Waals surface area contributed by atoms with Crippen molar-refractivity contribution in [2.75, 3.05) is 19.5 Å². The van der Waals surface area contributed by atoms with E-state index in [1.165, 1.54) is 0 Å². The van der Waals surface area contributed by atoms with Gasteiger partial charge in [0, 0.05) is 5.56 Å². The van der Waals surface area contributed by atoms with Crippen LogP contribution in [0.1, 0.15) is 5.56 Å². The fourth-order valence-corrected chi connectivity index (χ4v) is 2.86. The van der Waals surface area contributed by atoms with Crippen LogP contribution in [0.3, 0.4) is 0 Å². The molecule has 3 aromatic carbocycles. The summed E-state index contributed by atoms with van der Waals surface area (Å²) in [6.45, 7) is 0. The highest BCUT2D eigenvalue weighted by atomic mass is 32.1. The summed E-state index contributed by atoms with van der Waals surface area (Å²) in [5.41, 5.74) is 6.60. The van der Waals surface area contributed by atoms with Crippen LogP contribution in [0.5, 0.6) is 11.5 Å². The Hall–Kier alpha value is -3.38. The van der Waals surface area contributed by atoms with Crippen molar-refractivity contribution < 1.29 is 9.47 Å². The second-order valence-electron chi connectivity index (χ2n) is 5.85. The average molecular weight is 391 g/mol. The van der Waals surface area contributed by atoms with E-state index in [1.807, 2.05) is 60.7 Å². The molecule has 0 bridgehead atoms. The lowest BCUT2D eigenvalue weighted by molar-refractivity contribution is 0.414. The van der Waals surface area contributed by atoms with Gasteiger partial charge in [0.2, 0.25) is 0 Å². The highest BCUT2D eigenvalue weighted by Gasteiger charge is 2.07. The van der Waals surface area contributed by atoms with Gasteiger partial charge in [0.1, 0.15) is 11.5 Å². The first-order chi connectivity index (χ1) is 13.7. The highest BCUT2D eigenvalue weighted by molar-refractivity contribution is 7.80. The lowest BCUT2D eigenvalue weighted by atomic mass is 10.0. The van der Waals surface area contributed by atoms with E-state index in [4.69, 9.17) is 21.7 Å². The van der Waals surface area contributed by atoms with Gasteiger partial charge in [-0.05, 0) is 47.6 Å². The SMILES string of the molecule is COc1ccccc1/C=N/NC(=S)Nc1cc(-c2ccccc2)ccc1OC. The van der Waals surface area contributed by atoms with E-state index in [1.54, 1.807) is 20.4 Å². The van der Waals surface area contributed by atoms with Crippen LogP contribution in [0.4, 0.5) is 5.69 Å². The van der Waals surface area contributed by atoms with Crippen LogP contribution in [0.2, 0.25) is 0 Å². The minimum atomic E-state index is 0.356. The van der Waals surface area contributed by atoms with Crippen LogP contribution < -0.4 is 20.2 Å². The number of thiocarbonyl (C=S) groups is 1. The minimum absolute atomic E-state index is 0.356. The molecule has 0 spiro atoms. The van der Waals surface area contributed by atoms with E-state index in [0.717, 1.165) is 28.1 Å². The number of ether oxygens (including phenoxy) is 2. The van der Waals surface area contributed by atoms with Gasteiger partial charge in [-0.1, -0.05) is 48.5 Å². The zero-order valence-corrected chi connectivity index (χ0v) is 16.5. The third kappa shape index (κ3) is 4.86. The van der Waals surface area contributed by atoms with Crippen LogP contribution in [-0.2, 0) is 0 Å². The summed E-state index contributed by atoms with van der Waals surface area (Å²) in [6.07, 6.45) is 1.66. The predicted octanol–water partition coefficient (Wildman–Crippen LogP) is 4.69. The summed E-state index contributed by atoms with van der Waals surface area (Å²) in [7, 11) is 3.25. The van der Waals surface area contributed by atoms with E-state index >= 15 is 0 Å². The largest absolute Gasteiger partial charge is 0.496 e.